The second kappa shape index (κ2) is 6.65. The number of hydrogen-bond acceptors (Lipinski definition) is 1. The standard InChI is InChI=1S/C16H20BrFO/c1-2-3-11-5-7-16(19)13(8-11)9-12-4-6-15(18)14(17)10-12/h4,6,10-11,13H,2-3,5,7-9H2,1H3. The Labute approximate surface area is 122 Å². The fraction of sp³-hybridized carbons (Fsp3) is 0.562. The van der Waals surface area contributed by atoms with E-state index in [0.29, 0.717) is 16.2 Å². The first-order chi connectivity index (χ1) is 9.10. The van der Waals surface area contributed by atoms with Crippen LogP contribution < -0.4 is 0 Å². The highest BCUT2D eigenvalue weighted by Crippen LogP contribution is 2.32. The van der Waals surface area contributed by atoms with Gasteiger partial charge >= 0.3 is 0 Å². The zero-order valence-electron chi connectivity index (χ0n) is 11.3. The molecule has 0 heterocycles. The molecule has 3 heteroatoms. The van der Waals surface area contributed by atoms with E-state index in [1.54, 1.807) is 12.1 Å². The first-order valence-corrected chi connectivity index (χ1v) is 7.86. The maximum Gasteiger partial charge on any atom is 0.137 e. The third-order valence-electron chi connectivity index (χ3n) is 4.04. The molecule has 1 aliphatic rings. The summed E-state index contributed by atoms with van der Waals surface area (Å²) in [5, 5.41) is 0. The summed E-state index contributed by atoms with van der Waals surface area (Å²) in [6, 6.07) is 5.05. The van der Waals surface area contributed by atoms with Crippen LogP contribution in [0.4, 0.5) is 4.39 Å². The van der Waals surface area contributed by atoms with Gasteiger partial charge in [0, 0.05) is 12.3 Å². The molecule has 1 saturated carbocycles. The van der Waals surface area contributed by atoms with Crippen molar-refractivity contribution in [2.75, 3.05) is 0 Å². The summed E-state index contributed by atoms with van der Waals surface area (Å²) in [5.74, 6) is 0.953. The number of carbonyl (C=O) groups excluding carboxylic acids is 1. The smallest absolute Gasteiger partial charge is 0.137 e. The lowest BCUT2D eigenvalue weighted by molar-refractivity contribution is -0.125. The van der Waals surface area contributed by atoms with Gasteiger partial charge in [-0.3, -0.25) is 4.79 Å². The summed E-state index contributed by atoms with van der Waals surface area (Å²) >= 11 is 3.20. The van der Waals surface area contributed by atoms with E-state index in [2.05, 4.69) is 22.9 Å². The largest absolute Gasteiger partial charge is 0.299 e. The van der Waals surface area contributed by atoms with Gasteiger partial charge in [-0.15, -0.1) is 0 Å². The van der Waals surface area contributed by atoms with Crippen LogP contribution in [0.3, 0.4) is 0 Å². The van der Waals surface area contributed by atoms with Crippen LogP contribution >= 0.6 is 15.9 Å². The minimum Gasteiger partial charge on any atom is -0.299 e. The Kier molecular flexibility index (Phi) is 5.14. The van der Waals surface area contributed by atoms with E-state index in [9.17, 15) is 9.18 Å². The summed E-state index contributed by atoms with van der Waals surface area (Å²) in [6.07, 6.45) is 5.93. The van der Waals surface area contributed by atoms with E-state index < -0.39 is 0 Å². The van der Waals surface area contributed by atoms with Crippen molar-refractivity contribution >= 4 is 21.7 Å². The molecular weight excluding hydrogens is 307 g/mol. The summed E-state index contributed by atoms with van der Waals surface area (Å²) in [4.78, 5) is 12.0. The molecule has 0 N–H and O–H groups in total. The summed E-state index contributed by atoms with van der Waals surface area (Å²) in [5.41, 5.74) is 1.05. The molecule has 1 nitrogen and oxygen atoms in total. The maximum absolute atomic E-state index is 13.2. The van der Waals surface area contributed by atoms with Gasteiger partial charge in [0.1, 0.15) is 11.6 Å². The van der Waals surface area contributed by atoms with Crippen LogP contribution in [0.15, 0.2) is 22.7 Å². The van der Waals surface area contributed by atoms with Crippen molar-refractivity contribution < 1.29 is 9.18 Å². The lowest BCUT2D eigenvalue weighted by atomic mass is 9.76. The highest BCUT2D eigenvalue weighted by Gasteiger charge is 2.28. The molecule has 0 radical (unpaired) electrons. The molecule has 0 spiro atoms. The van der Waals surface area contributed by atoms with E-state index in [1.165, 1.54) is 18.9 Å². The van der Waals surface area contributed by atoms with Crippen LogP contribution in [-0.2, 0) is 11.2 Å². The molecule has 104 valence electrons. The van der Waals surface area contributed by atoms with E-state index in [1.807, 2.05) is 0 Å². The third kappa shape index (κ3) is 3.88. The van der Waals surface area contributed by atoms with Gasteiger partial charge in [0.25, 0.3) is 0 Å². The molecule has 0 saturated heterocycles. The van der Waals surface area contributed by atoms with E-state index in [0.717, 1.165) is 31.2 Å². The van der Waals surface area contributed by atoms with Crippen LogP contribution in [0, 0.1) is 17.7 Å². The van der Waals surface area contributed by atoms with Gasteiger partial charge in [0.05, 0.1) is 4.47 Å². The average molecular weight is 327 g/mol. The van der Waals surface area contributed by atoms with E-state index in [-0.39, 0.29) is 11.7 Å². The van der Waals surface area contributed by atoms with Gasteiger partial charge in [0.2, 0.25) is 0 Å². The number of rotatable bonds is 4. The van der Waals surface area contributed by atoms with Crippen LogP contribution in [0.2, 0.25) is 0 Å². The van der Waals surface area contributed by atoms with E-state index >= 15 is 0 Å². The van der Waals surface area contributed by atoms with Gasteiger partial charge in [-0.1, -0.05) is 25.8 Å². The van der Waals surface area contributed by atoms with Crippen LogP contribution in [-0.4, -0.2) is 5.78 Å². The molecular formula is C16H20BrFO. The van der Waals surface area contributed by atoms with Crippen LogP contribution in [0.25, 0.3) is 0 Å². The Balaban J connectivity index is 2.03. The molecule has 1 aliphatic carbocycles. The minimum absolute atomic E-state index is 0.127. The summed E-state index contributed by atoms with van der Waals surface area (Å²) in [6.45, 7) is 2.20. The molecule has 0 aliphatic heterocycles. The molecule has 2 atom stereocenters. The quantitative estimate of drug-likeness (QED) is 0.767. The van der Waals surface area contributed by atoms with Crippen molar-refractivity contribution in [2.45, 2.75) is 45.4 Å². The topological polar surface area (TPSA) is 17.1 Å². The van der Waals surface area contributed by atoms with Crippen molar-refractivity contribution in [3.63, 3.8) is 0 Å². The SMILES string of the molecule is CCCC1CCC(=O)C(Cc2ccc(F)c(Br)c2)C1. The fourth-order valence-corrected chi connectivity index (χ4v) is 3.45. The highest BCUT2D eigenvalue weighted by atomic mass is 79.9. The summed E-state index contributed by atoms with van der Waals surface area (Å²) in [7, 11) is 0. The second-order valence-electron chi connectivity index (χ2n) is 5.54. The number of benzene rings is 1. The van der Waals surface area contributed by atoms with E-state index in [4.69, 9.17) is 0 Å². The Morgan fingerprint density at radius 2 is 2.21 bits per heavy atom. The monoisotopic (exact) mass is 326 g/mol. The number of carbonyl (C=O) groups is 1. The normalized spacial score (nSPS) is 23.6. The molecule has 0 bridgehead atoms. The predicted molar refractivity (Wildman–Crippen MR) is 78.6 cm³/mol. The van der Waals surface area contributed by atoms with Gasteiger partial charge in [-0.2, -0.15) is 0 Å². The Hall–Kier alpha value is -0.700. The van der Waals surface area contributed by atoms with Crippen molar-refractivity contribution in [3.8, 4) is 0 Å². The Morgan fingerprint density at radius 3 is 2.89 bits per heavy atom. The number of Topliss-reactive ketones (excluding diaryl/α,β-unsaturated/α-hetero) is 1. The second-order valence-corrected chi connectivity index (χ2v) is 6.40. The predicted octanol–water partition coefficient (Wildman–Crippen LogP) is 4.92. The summed E-state index contributed by atoms with van der Waals surface area (Å²) < 4.78 is 13.7. The molecule has 0 aromatic heterocycles. The first kappa shape index (κ1) is 14.7. The number of halogens is 2. The number of ketones is 1. The molecule has 19 heavy (non-hydrogen) atoms. The lowest BCUT2D eigenvalue weighted by Gasteiger charge is -2.28. The molecule has 0 amide bonds. The van der Waals surface area contributed by atoms with Crippen molar-refractivity contribution in [3.05, 3.63) is 34.1 Å². The zero-order valence-corrected chi connectivity index (χ0v) is 12.9. The van der Waals surface area contributed by atoms with Crippen LogP contribution in [0.5, 0.6) is 0 Å². The minimum atomic E-state index is -0.248. The molecule has 2 rings (SSSR count). The van der Waals surface area contributed by atoms with Gasteiger partial charge in [0.15, 0.2) is 0 Å². The van der Waals surface area contributed by atoms with Crippen molar-refractivity contribution in [1.82, 2.24) is 0 Å². The average Bonchev–Trinajstić information content (AvgIpc) is 2.38. The van der Waals surface area contributed by atoms with Crippen LogP contribution in [0.1, 0.15) is 44.6 Å². The molecule has 1 fully saturated rings. The zero-order chi connectivity index (χ0) is 13.8. The van der Waals surface area contributed by atoms with Gasteiger partial charge in [-0.25, -0.2) is 4.39 Å². The molecule has 1 aromatic carbocycles. The fourth-order valence-electron chi connectivity index (χ4n) is 3.02. The van der Waals surface area contributed by atoms with Crippen molar-refractivity contribution in [2.24, 2.45) is 11.8 Å². The third-order valence-corrected chi connectivity index (χ3v) is 4.64. The maximum atomic E-state index is 13.2. The first-order valence-electron chi connectivity index (χ1n) is 7.06. The lowest BCUT2D eigenvalue weighted by Crippen LogP contribution is -2.26. The number of hydrogen-bond donors (Lipinski definition) is 0. The molecule has 2 unspecified atom stereocenters. The molecule has 1 aromatic rings. The highest BCUT2D eigenvalue weighted by molar-refractivity contribution is 9.10. The van der Waals surface area contributed by atoms with Gasteiger partial charge in [-0.05, 0) is 58.8 Å². The van der Waals surface area contributed by atoms with Crippen molar-refractivity contribution in [1.29, 1.82) is 0 Å². The van der Waals surface area contributed by atoms with Gasteiger partial charge < -0.3 is 0 Å². The Morgan fingerprint density at radius 1 is 1.42 bits per heavy atom. The Bertz CT molecular complexity index is 458.